The fraction of sp³-hybridized carbons (Fsp3) is 0.636. The van der Waals surface area contributed by atoms with Crippen molar-refractivity contribution in [3.8, 4) is 0 Å². The highest BCUT2D eigenvalue weighted by Crippen LogP contribution is 2.16. The fourth-order valence-electron chi connectivity index (χ4n) is 1.45. The molecule has 0 fully saturated rings. The van der Waals surface area contributed by atoms with Gasteiger partial charge < -0.3 is 11.1 Å². The van der Waals surface area contributed by atoms with E-state index in [9.17, 15) is 4.79 Å². The molecular weight excluding hydrogens is 222 g/mol. The van der Waals surface area contributed by atoms with Crippen LogP contribution in [0.3, 0.4) is 0 Å². The van der Waals surface area contributed by atoms with Gasteiger partial charge in [0.1, 0.15) is 0 Å². The summed E-state index contributed by atoms with van der Waals surface area (Å²) in [6, 6.07) is 0.139. The van der Waals surface area contributed by atoms with Gasteiger partial charge >= 0.3 is 0 Å². The summed E-state index contributed by atoms with van der Waals surface area (Å²) in [4.78, 5) is 16.4. The number of nitrogens with two attached hydrogens (primary N) is 1. The van der Waals surface area contributed by atoms with Crippen LogP contribution in [0.4, 0.5) is 0 Å². The number of aromatic nitrogens is 1. The number of nitrogens with one attached hydrogen (secondary N) is 1. The van der Waals surface area contributed by atoms with Gasteiger partial charge in [-0.2, -0.15) is 0 Å². The predicted octanol–water partition coefficient (Wildman–Crippen LogP) is 1.16. The summed E-state index contributed by atoms with van der Waals surface area (Å²) in [6.07, 6.45) is 1.29. The average molecular weight is 241 g/mol. The molecular formula is C11H19N3OS. The van der Waals surface area contributed by atoms with Gasteiger partial charge in [-0.05, 0) is 20.8 Å². The Labute approximate surface area is 100 Å². The topological polar surface area (TPSA) is 68.0 Å². The van der Waals surface area contributed by atoms with Gasteiger partial charge in [0.2, 0.25) is 5.91 Å². The van der Waals surface area contributed by atoms with Crippen LogP contribution in [-0.4, -0.2) is 23.5 Å². The predicted molar refractivity (Wildman–Crippen MR) is 66.6 cm³/mol. The van der Waals surface area contributed by atoms with Crippen molar-refractivity contribution in [2.45, 2.75) is 39.7 Å². The van der Waals surface area contributed by atoms with Crippen LogP contribution >= 0.6 is 11.3 Å². The lowest BCUT2D eigenvalue weighted by Crippen LogP contribution is -2.32. The van der Waals surface area contributed by atoms with Crippen molar-refractivity contribution in [2.75, 3.05) is 6.54 Å². The summed E-state index contributed by atoms with van der Waals surface area (Å²) in [5.74, 6) is -0.263. The van der Waals surface area contributed by atoms with Crippen LogP contribution in [0.1, 0.15) is 28.9 Å². The standard InChI is InChI=1S/C11H19N3OS/c1-7(6-10(12)15)13-5-4-11-14-8(2)9(3)16-11/h7,13H,4-6H2,1-3H3,(H2,12,15). The molecule has 0 aliphatic carbocycles. The molecule has 0 aliphatic rings. The second-order valence-corrected chi connectivity index (χ2v) is 5.31. The first kappa shape index (κ1) is 13.1. The molecule has 0 aliphatic heterocycles. The molecule has 0 aromatic carbocycles. The van der Waals surface area contributed by atoms with Gasteiger partial charge in [0.05, 0.1) is 10.7 Å². The molecule has 1 amide bonds. The highest BCUT2D eigenvalue weighted by Gasteiger charge is 2.06. The maximum atomic E-state index is 10.7. The Kier molecular flexibility index (Phi) is 4.89. The van der Waals surface area contributed by atoms with Gasteiger partial charge in [0.15, 0.2) is 0 Å². The third kappa shape index (κ3) is 4.28. The van der Waals surface area contributed by atoms with Crippen molar-refractivity contribution in [1.29, 1.82) is 0 Å². The molecule has 1 aromatic heterocycles. The molecule has 0 spiro atoms. The maximum Gasteiger partial charge on any atom is 0.218 e. The molecule has 0 saturated heterocycles. The Balaban J connectivity index is 2.27. The van der Waals surface area contributed by atoms with E-state index in [0.29, 0.717) is 6.42 Å². The number of thiazole rings is 1. The third-order valence-corrected chi connectivity index (χ3v) is 3.54. The molecule has 0 saturated carbocycles. The highest BCUT2D eigenvalue weighted by molar-refractivity contribution is 7.11. The number of hydrogen-bond donors (Lipinski definition) is 2. The summed E-state index contributed by atoms with van der Waals surface area (Å²) < 4.78 is 0. The smallest absolute Gasteiger partial charge is 0.218 e. The van der Waals surface area contributed by atoms with Gasteiger partial charge in [-0.1, -0.05) is 0 Å². The van der Waals surface area contributed by atoms with Crippen LogP contribution in [0, 0.1) is 13.8 Å². The summed E-state index contributed by atoms with van der Waals surface area (Å²) in [5, 5.41) is 4.40. The Morgan fingerprint density at radius 1 is 1.56 bits per heavy atom. The molecule has 16 heavy (non-hydrogen) atoms. The van der Waals surface area contributed by atoms with Crippen LogP contribution in [0.5, 0.6) is 0 Å². The summed E-state index contributed by atoms with van der Waals surface area (Å²) in [5.41, 5.74) is 6.23. The number of aryl methyl sites for hydroxylation is 2. The molecule has 1 atom stereocenters. The van der Waals surface area contributed by atoms with Crippen LogP contribution < -0.4 is 11.1 Å². The van der Waals surface area contributed by atoms with Gasteiger partial charge in [0.25, 0.3) is 0 Å². The minimum Gasteiger partial charge on any atom is -0.370 e. The summed E-state index contributed by atoms with van der Waals surface area (Å²) >= 11 is 1.74. The van der Waals surface area contributed by atoms with Crippen molar-refractivity contribution in [2.24, 2.45) is 5.73 Å². The second-order valence-electron chi connectivity index (χ2n) is 4.02. The number of rotatable bonds is 6. The SMILES string of the molecule is Cc1nc(CCNC(C)CC(N)=O)sc1C. The third-order valence-electron chi connectivity index (χ3n) is 2.41. The molecule has 3 N–H and O–H groups in total. The van der Waals surface area contributed by atoms with Crippen molar-refractivity contribution in [3.63, 3.8) is 0 Å². The Morgan fingerprint density at radius 3 is 2.75 bits per heavy atom. The molecule has 90 valence electrons. The fourth-order valence-corrected chi connectivity index (χ4v) is 2.38. The number of nitrogens with zero attached hydrogens (tertiary/aromatic N) is 1. The first-order valence-corrected chi connectivity index (χ1v) is 6.25. The van der Waals surface area contributed by atoms with Crippen LogP contribution in [0.2, 0.25) is 0 Å². The van der Waals surface area contributed by atoms with E-state index in [0.717, 1.165) is 23.7 Å². The number of carbonyl (C=O) groups is 1. The molecule has 0 bridgehead atoms. The Morgan fingerprint density at radius 2 is 2.25 bits per heavy atom. The van der Waals surface area contributed by atoms with E-state index in [-0.39, 0.29) is 11.9 Å². The van der Waals surface area contributed by atoms with Gasteiger partial charge in [-0.3, -0.25) is 4.79 Å². The van der Waals surface area contributed by atoms with E-state index in [4.69, 9.17) is 5.73 Å². The second kappa shape index (κ2) is 5.96. The van der Waals surface area contributed by atoms with Crippen molar-refractivity contribution < 1.29 is 4.79 Å². The largest absolute Gasteiger partial charge is 0.370 e. The van der Waals surface area contributed by atoms with E-state index in [1.165, 1.54) is 4.88 Å². The maximum absolute atomic E-state index is 10.7. The lowest BCUT2D eigenvalue weighted by atomic mass is 10.2. The minimum absolute atomic E-state index is 0.139. The zero-order chi connectivity index (χ0) is 12.1. The molecule has 5 heteroatoms. The van der Waals surface area contributed by atoms with Crippen molar-refractivity contribution in [3.05, 3.63) is 15.6 Å². The minimum atomic E-state index is -0.263. The van der Waals surface area contributed by atoms with E-state index in [1.807, 2.05) is 13.8 Å². The number of amides is 1. The molecule has 1 rings (SSSR count). The lowest BCUT2D eigenvalue weighted by Gasteiger charge is -2.10. The Hall–Kier alpha value is -0.940. The first-order valence-electron chi connectivity index (χ1n) is 5.43. The molecule has 4 nitrogen and oxygen atoms in total. The van der Waals surface area contributed by atoms with Gasteiger partial charge in [-0.15, -0.1) is 11.3 Å². The van der Waals surface area contributed by atoms with E-state index in [2.05, 4.69) is 17.2 Å². The zero-order valence-electron chi connectivity index (χ0n) is 10.0. The van der Waals surface area contributed by atoms with Gasteiger partial charge in [-0.25, -0.2) is 4.98 Å². The Bertz CT molecular complexity index is 343. The van der Waals surface area contributed by atoms with Crippen molar-refractivity contribution in [1.82, 2.24) is 10.3 Å². The number of carbonyl (C=O) groups excluding carboxylic acids is 1. The normalized spacial score (nSPS) is 12.7. The zero-order valence-corrected chi connectivity index (χ0v) is 10.9. The van der Waals surface area contributed by atoms with E-state index < -0.39 is 0 Å². The highest BCUT2D eigenvalue weighted by atomic mass is 32.1. The van der Waals surface area contributed by atoms with Gasteiger partial charge in [0, 0.05) is 30.3 Å². The molecule has 1 unspecified atom stereocenters. The van der Waals surface area contributed by atoms with Crippen molar-refractivity contribution >= 4 is 17.2 Å². The lowest BCUT2D eigenvalue weighted by molar-refractivity contribution is -0.118. The van der Waals surface area contributed by atoms with E-state index >= 15 is 0 Å². The number of primary amides is 1. The van der Waals surface area contributed by atoms with Crippen LogP contribution in [0.15, 0.2) is 0 Å². The van der Waals surface area contributed by atoms with Crippen LogP contribution in [0.25, 0.3) is 0 Å². The number of hydrogen-bond acceptors (Lipinski definition) is 4. The molecule has 1 heterocycles. The van der Waals surface area contributed by atoms with E-state index in [1.54, 1.807) is 11.3 Å². The molecule has 1 aromatic rings. The monoisotopic (exact) mass is 241 g/mol. The molecule has 0 radical (unpaired) electrons. The first-order chi connectivity index (χ1) is 7.49. The quantitative estimate of drug-likeness (QED) is 0.785. The summed E-state index contributed by atoms with van der Waals surface area (Å²) in [6.45, 7) is 6.90. The average Bonchev–Trinajstić information content (AvgIpc) is 2.44. The summed E-state index contributed by atoms with van der Waals surface area (Å²) in [7, 11) is 0. The van der Waals surface area contributed by atoms with Crippen LogP contribution in [-0.2, 0) is 11.2 Å².